The van der Waals surface area contributed by atoms with E-state index in [1.165, 1.54) is 25.7 Å². The molecular formula is C8H19ClN2. The van der Waals surface area contributed by atoms with Crippen molar-refractivity contribution in [2.24, 2.45) is 11.7 Å². The maximum absolute atomic E-state index is 5.93. The Labute approximate surface area is 75.3 Å². The van der Waals surface area contributed by atoms with E-state index < -0.39 is 0 Å². The van der Waals surface area contributed by atoms with Crippen LogP contribution in [0.2, 0.25) is 0 Å². The van der Waals surface area contributed by atoms with Gasteiger partial charge in [0.15, 0.2) is 0 Å². The van der Waals surface area contributed by atoms with Gasteiger partial charge in [-0.2, -0.15) is 0 Å². The summed E-state index contributed by atoms with van der Waals surface area (Å²) < 4.78 is 0. The average Bonchev–Trinajstić information content (AvgIpc) is 1.94. The van der Waals surface area contributed by atoms with E-state index in [1.54, 1.807) is 0 Å². The maximum Gasteiger partial charge on any atom is 0.00792 e. The summed E-state index contributed by atoms with van der Waals surface area (Å²) >= 11 is 0. The van der Waals surface area contributed by atoms with Crippen LogP contribution in [-0.2, 0) is 0 Å². The number of hydrogen-bond acceptors (Lipinski definition) is 2. The second-order valence-corrected chi connectivity index (χ2v) is 3.27. The van der Waals surface area contributed by atoms with Crippen molar-refractivity contribution in [3.8, 4) is 0 Å². The number of nitrogens with one attached hydrogen (secondary N) is 1. The van der Waals surface area contributed by atoms with E-state index in [2.05, 4.69) is 5.32 Å². The molecule has 3 N–H and O–H groups in total. The second kappa shape index (κ2) is 5.81. The summed E-state index contributed by atoms with van der Waals surface area (Å²) in [5.74, 6) is 0.735. The van der Waals surface area contributed by atoms with Gasteiger partial charge in [0.05, 0.1) is 0 Å². The lowest BCUT2D eigenvalue weighted by molar-refractivity contribution is 0.302. The third-order valence-corrected chi connectivity index (χ3v) is 2.43. The highest BCUT2D eigenvalue weighted by Gasteiger charge is 2.20. The molecule has 0 spiro atoms. The van der Waals surface area contributed by atoms with E-state index in [0.29, 0.717) is 6.04 Å². The van der Waals surface area contributed by atoms with Crippen LogP contribution in [0, 0.1) is 5.92 Å². The van der Waals surface area contributed by atoms with Crippen molar-refractivity contribution in [1.82, 2.24) is 5.32 Å². The first-order valence-corrected chi connectivity index (χ1v) is 4.24. The lowest BCUT2D eigenvalue weighted by Gasteiger charge is -2.28. The minimum Gasteiger partial charge on any atom is -0.327 e. The fraction of sp³-hybridized carbons (Fsp3) is 1.00. The molecule has 1 unspecified atom stereocenters. The molecule has 0 aliphatic heterocycles. The molecule has 1 fully saturated rings. The first kappa shape index (κ1) is 11.2. The Morgan fingerprint density at radius 1 is 1.36 bits per heavy atom. The molecule has 68 valence electrons. The zero-order chi connectivity index (χ0) is 7.40. The molecule has 0 aromatic heterocycles. The minimum absolute atomic E-state index is 0. The van der Waals surface area contributed by atoms with E-state index in [-0.39, 0.29) is 12.4 Å². The monoisotopic (exact) mass is 178 g/mol. The Bertz CT molecular complexity index is 96.1. The Balaban J connectivity index is 0.000001000. The van der Waals surface area contributed by atoms with Crippen molar-refractivity contribution in [1.29, 1.82) is 0 Å². The average molecular weight is 179 g/mol. The van der Waals surface area contributed by atoms with Crippen molar-refractivity contribution in [2.75, 3.05) is 13.6 Å². The van der Waals surface area contributed by atoms with Gasteiger partial charge in [0, 0.05) is 6.04 Å². The minimum atomic E-state index is 0. The van der Waals surface area contributed by atoms with Crippen LogP contribution in [-0.4, -0.2) is 19.6 Å². The highest BCUT2D eigenvalue weighted by Crippen LogP contribution is 2.21. The SMILES string of the molecule is CNCC1CCCC[C@@H]1N.Cl. The lowest BCUT2D eigenvalue weighted by Crippen LogP contribution is -2.38. The molecule has 0 aromatic rings. The summed E-state index contributed by atoms with van der Waals surface area (Å²) in [5, 5.41) is 3.19. The molecule has 1 aliphatic rings. The van der Waals surface area contributed by atoms with Crippen LogP contribution >= 0.6 is 12.4 Å². The van der Waals surface area contributed by atoms with Gasteiger partial charge in [-0.3, -0.25) is 0 Å². The molecule has 1 aliphatic carbocycles. The largest absolute Gasteiger partial charge is 0.327 e. The van der Waals surface area contributed by atoms with Crippen molar-refractivity contribution in [3.63, 3.8) is 0 Å². The fourth-order valence-electron chi connectivity index (χ4n) is 1.75. The van der Waals surface area contributed by atoms with E-state index in [0.717, 1.165) is 12.5 Å². The van der Waals surface area contributed by atoms with E-state index in [1.807, 2.05) is 7.05 Å². The van der Waals surface area contributed by atoms with Gasteiger partial charge in [-0.15, -0.1) is 12.4 Å². The molecular weight excluding hydrogens is 160 g/mol. The van der Waals surface area contributed by atoms with Crippen LogP contribution in [0.5, 0.6) is 0 Å². The third-order valence-electron chi connectivity index (χ3n) is 2.43. The first-order chi connectivity index (χ1) is 4.84. The van der Waals surface area contributed by atoms with Gasteiger partial charge < -0.3 is 11.1 Å². The summed E-state index contributed by atoms with van der Waals surface area (Å²) in [6.45, 7) is 1.10. The van der Waals surface area contributed by atoms with Crippen LogP contribution in [0.1, 0.15) is 25.7 Å². The van der Waals surface area contributed by atoms with Gasteiger partial charge in [0.25, 0.3) is 0 Å². The molecule has 1 rings (SSSR count). The summed E-state index contributed by atoms with van der Waals surface area (Å²) in [6, 6.07) is 0.459. The van der Waals surface area contributed by atoms with Crippen LogP contribution in [0.15, 0.2) is 0 Å². The maximum atomic E-state index is 5.93. The van der Waals surface area contributed by atoms with E-state index in [9.17, 15) is 0 Å². The van der Waals surface area contributed by atoms with Crippen LogP contribution in [0.25, 0.3) is 0 Å². The predicted octanol–water partition coefficient (Wildman–Crippen LogP) is 1.15. The number of rotatable bonds is 2. The zero-order valence-electron chi connectivity index (χ0n) is 7.18. The van der Waals surface area contributed by atoms with Gasteiger partial charge in [0.1, 0.15) is 0 Å². The van der Waals surface area contributed by atoms with E-state index in [4.69, 9.17) is 5.73 Å². The van der Waals surface area contributed by atoms with Crippen LogP contribution in [0.3, 0.4) is 0 Å². The van der Waals surface area contributed by atoms with E-state index >= 15 is 0 Å². The summed E-state index contributed by atoms with van der Waals surface area (Å²) in [7, 11) is 2.00. The molecule has 0 radical (unpaired) electrons. The molecule has 3 heteroatoms. The van der Waals surface area contributed by atoms with Gasteiger partial charge >= 0.3 is 0 Å². The highest BCUT2D eigenvalue weighted by molar-refractivity contribution is 5.85. The summed E-state index contributed by atoms with van der Waals surface area (Å²) in [5.41, 5.74) is 5.93. The highest BCUT2D eigenvalue weighted by atomic mass is 35.5. The van der Waals surface area contributed by atoms with Crippen LogP contribution < -0.4 is 11.1 Å². The smallest absolute Gasteiger partial charge is 0.00792 e. The molecule has 0 heterocycles. The quantitative estimate of drug-likeness (QED) is 0.666. The molecule has 0 aromatic carbocycles. The van der Waals surface area contributed by atoms with Gasteiger partial charge in [-0.25, -0.2) is 0 Å². The summed E-state index contributed by atoms with van der Waals surface area (Å²) in [4.78, 5) is 0. The van der Waals surface area contributed by atoms with Crippen molar-refractivity contribution >= 4 is 12.4 Å². The molecule has 0 saturated heterocycles. The molecule has 11 heavy (non-hydrogen) atoms. The van der Waals surface area contributed by atoms with Crippen LogP contribution in [0.4, 0.5) is 0 Å². The number of halogens is 1. The molecule has 2 nitrogen and oxygen atoms in total. The fourth-order valence-corrected chi connectivity index (χ4v) is 1.75. The Morgan fingerprint density at radius 2 is 2.00 bits per heavy atom. The van der Waals surface area contributed by atoms with Crippen molar-refractivity contribution in [3.05, 3.63) is 0 Å². The Hall–Kier alpha value is 0.210. The predicted molar refractivity (Wildman–Crippen MR) is 51.1 cm³/mol. The van der Waals surface area contributed by atoms with Gasteiger partial charge in [0.2, 0.25) is 0 Å². The molecule has 0 amide bonds. The first-order valence-electron chi connectivity index (χ1n) is 4.24. The third kappa shape index (κ3) is 3.41. The van der Waals surface area contributed by atoms with Crippen molar-refractivity contribution in [2.45, 2.75) is 31.7 Å². The number of hydrogen-bond donors (Lipinski definition) is 2. The number of nitrogens with two attached hydrogens (primary N) is 1. The van der Waals surface area contributed by atoms with Gasteiger partial charge in [-0.05, 0) is 32.4 Å². The molecule has 0 bridgehead atoms. The normalized spacial score (nSPS) is 31.1. The Morgan fingerprint density at radius 3 is 2.55 bits per heavy atom. The second-order valence-electron chi connectivity index (χ2n) is 3.27. The Kier molecular flexibility index (Phi) is 5.92. The molecule has 1 saturated carbocycles. The van der Waals surface area contributed by atoms with Crippen molar-refractivity contribution < 1.29 is 0 Å². The molecule has 2 atom stereocenters. The topological polar surface area (TPSA) is 38.0 Å². The zero-order valence-corrected chi connectivity index (χ0v) is 7.99. The summed E-state index contributed by atoms with van der Waals surface area (Å²) in [6.07, 6.45) is 5.26. The standard InChI is InChI=1S/C8H18N2.ClH/c1-10-6-7-4-2-3-5-8(7)9;/h7-8,10H,2-6,9H2,1H3;1H/t7?,8-;/m0./s1. The lowest BCUT2D eigenvalue weighted by atomic mass is 9.85. The van der Waals surface area contributed by atoms with Gasteiger partial charge in [-0.1, -0.05) is 12.8 Å².